The Morgan fingerprint density at radius 1 is 1.27 bits per heavy atom. The Balaban J connectivity index is 3.57. The average molecular weight is 218 g/mol. The molecule has 88 valence electrons. The fourth-order valence-corrected chi connectivity index (χ4v) is 0.791. The van der Waals surface area contributed by atoms with Gasteiger partial charge in [-0.25, -0.2) is 0 Å². The summed E-state index contributed by atoms with van der Waals surface area (Å²) in [5, 5.41) is 2.53. The minimum absolute atomic E-state index is 0.00982. The zero-order valence-corrected chi connectivity index (χ0v) is 8.57. The Bertz CT molecular complexity index is 210. The first-order valence-electron chi connectivity index (χ1n) is 4.72. The minimum Gasteiger partial charge on any atom is -0.445 e. The van der Waals surface area contributed by atoms with Gasteiger partial charge in [0, 0.05) is 26.1 Å². The van der Waals surface area contributed by atoms with Gasteiger partial charge in [-0.1, -0.05) is 0 Å². The first kappa shape index (κ1) is 13.8. The van der Waals surface area contributed by atoms with Crippen molar-refractivity contribution in [1.82, 2.24) is 5.32 Å². The van der Waals surface area contributed by atoms with Crippen LogP contribution in [0, 0.1) is 0 Å². The lowest BCUT2D eigenvalue weighted by Crippen LogP contribution is -2.35. The molecule has 7 heteroatoms. The maximum Gasteiger partial charge on any atom is 0.307 e. The molecule has 1 unspecified atom stereocenters. The number of ether oxygens (including phenoxy) is 1. The van der Waals surface area contributed by atoms with Gasteiger partial charge in [-0.15, -0.1) is 0 Å². The molecule has 0 aliphatic carbocycles. The van der Waals surface area contributed by atoms with Gasteiger partial charge in [0.15, 0.2) is 6.23 Å². The molecule has 0 fully saturated rings. The minimum atomic E-state index is -0.801. The molecule has 0 bridgehead atoms. The van der Waals surface area contributed by atoms with Crippen LogP contribution in [-0.4, -0.2) is 37.7 Å². The van der Waals surface area contributed by atoms with Crippen molar-refractivity contribution >= 4 is 11.9 Å². The highest BCUT2D eigenvalue weighted by Gasteiger charge is 2.10. The molecular formula is C8H18N4O3. The predicted molar refractivity (Wildman–Crippen MR) is 54.4 cm³/mol. The van der Waals surface area contributed by atoms with Crippen molar-refractivity contribution in [2.75, 3.05) is 19.6 Å². The molecule has 0 aromatic heterocycles. The molecule has 1 amide bonds. The van der Waals surface area contributed by atoms with Crippen LogP contribution in [-0.2, 0) is 14.3 Å². The number of nitrogens with two attached hydrogens (primary N) is 3. The van der Waals surface area contributed by atoms with Crippen molar-refractivity contribution in [3.05, 3.63) is 0 Å². The summed E-state index contributed by atoms with van der Waals surface area (Å²) < 4.78 is 4.66. The van der Waals surface area contributed by atoms with Crippen molar-refractivity contribution in [1.29, 1.82) is 0 Å². The zero-order valence-electron chi connectivity index (χ0n) is 8.57. The fraction of sp³-hybridized carbons (Fsp3) is 0.750. The molecule has 0 aliphatic heterocycles. The highest BCUT2D eigenvalue weighted by Crippen LogP contribution is 1.94. The van der Waals surface area contributed by atoms with E-state index in [9.17, 15) is 9.59 Å². The number of hydrogen-bond acceptors (Lipinski definition) is 6. The fourth-order valence-electron chi connectivity index (χ4n) is 0.791. The van der Waals surface area contributed by atoms with E-state index in [4.69, 9.17) is 17.2 Å². The quantitative estimate of drug-likeness (QED) is 0.279. The maximum atomic E-state index is 11.0. The number of rotatable bonds is 7. The normalized spacial score (nSPS) is 11.9. The van der Waals surface area contributed by atoms with E-state index in [-0.39, 0.29) is 25.3 Å². The van der Waals surface area contributed by atoms with Gasteiger partial charge in [-0.05, 0) is 0 Å². The molecular weight excluding hydrogens is 200 g/mol. The topological polar surface area (TPSA) is 133 Å². The zero-order chi connectivity index (χ0) is 11.7. The predicted octanol–water partition coefficient (Wildman–Crippen LogP) is -2.37. The molecule has 15 heavy (non-hydrogen) atoms. The summed E-state index contributed by atoms with van der Waals surface area (Å²) >= 11 is 0. The Morgan fingerprint density at radius 3 is 2.47 bits per heavy atom. The molecule has 0 aliphatic rings. The molecule has 0 aromatic carbocycles. The SMILES string of the molecule is NCCNC(=O)CCC(=O)OC(N)CN. The van der Waals surface area contributed by atoms with E-state index >= 15 is 0 Å². The van der Waals surface area contributed by atoms with Gasteiger partial charge in [-0.3, -0.25) is 15.3 Å². The third-order valence-electron chi connectivity index (χ3n) is 1.54. The summed E-state index contributed by atoms with van der Waals surface area (Å²) in [4.78, 5) is 22.1. The third-order valence-corrected chi connectivity index (χ3v) is 1.54. The van der Waals surface area contributed by atoms with Crippen molar-refractivity contribution in [2.45, 2.75) is 19.1 Å². The van der Waals surface area contributed by atoms with Gasteiger partial charge in [0.1, 0.15) is 0 Å². The molecule has 0 radical (unpaired) electrons. The number of esters is 1. The van der Waals surface area contributed by atoms with Crippen LogP contribution in [0.15, 0.2) is 0 Å². The third kappa shape index (κ3) is 7.86. The molecule has 0 rings (SSSR count). The molecule has 0 aromatic rings. The second-order valence-electron chi connectivity index (χ2n) is 2.90. The van der Waals surface area contributed by atoms with Gasteiger partial charge in [0.2, 0.25) is 5.91 Å². The molecule has 7 nitrogen and oxygen atoms in total. The lowest BCUT2D eigenvalue weighted by molar-refractivity contribution is -0.149. The molecule has 0 spiro atoms. The monoisotopic (exact) mass is 218 g/mol. The lowest BCUT2D eigenvalue weighted by atomic mass is 10.3. The van der Waals surface area contributed by atoms with E-state index in [0.29, 0.717) is 13.1 Å². The highest BCUT2D eigenvalue weighted by atomic mass is 16.6. The summed E-state index contributed by atoms with van der Waals surface area (Å²) in [6.07, 6.45) is -0.746. The smallest absolute Gasteiger partial charge is 0.307 e. The van der Waals surface area contributed by atoms with E-state index in [0.717, 1.165) is 0 Å². The van der Waals surface area contributed by atoms with Crippen molar-refractivity contribution in [2.24, 2.45) is 17.2 Å². The van der Waals surface area contributed by atoms with Crippen LogP contribution in [0.2, 0.25) is 0 Å². The van der Waals surface area contributed by atoms with Crippen LogP contribution in [0.5, 0.6) is 0 Å². The van der Waals surface area contributed by atoms with E-state index in [2.05, 4.69) is 10.1 Å². The van der Waals surface area contributed by atoms with E-state index in [1.165, 1.54) is 0 Å². The van der Waals surface area contributed by atoms with Crippen molar-refractivity contribution in [3.8, 4) is 0 Å². The number of nitrogens with one attached hydrogen (secondary N) is 1. The summed E-state index contributed by atoms with van der Waals surface area (Å²) in [5.74, 6) is -0.769. The number of amides is 1. The average Bonchev–Trinajstić information content (AvgIpc) is 2.23. The second kappa shape index (κ2) is 8.16. The Kier molecular flexibility index (Phi) is 7.51. The maximum absolute atomic E-state index is 11.0. The number of hydrogen-bond donors (Lipinski definition) is 4. The van der Waals surface area contributed by atoms with Crippen LogP contribution >= 0.6 is 0 Å². The Morgan fingerprint density at radius 2 is 1.93 bits per heavy atom. The van der Waals surface area contributed by atoms with Crippen LogP contribution in [0.4, 0.5) is 0 Å². The van der Waals surface area contributed by atoms with Crippen molar-refractivity contribution in [3.63, 3.8) is 0 Å². The van der Waals surface area contributed by atoms with Crippen LogP contribution < -0.4 is 22.5 Å². The standard InChI is InChI=1S/C8H18N4O3/c9-3-4-12-7(13)1-2-8(14)15-6(11)5-10/h6H,1-5,9-11H2,(H,12,13). The van der Waals surface area contributed by atoms with Gasteiger partial charge >= 0.3 is 5.97 Å². The van der Waals surface area contributed by atoms with Gasteiger partial charge in [-0.2, -0.15) is 0 Å². The number of carbonyl (C=O) groups is 2. The van der Waals surface area contributed by atoms with Crippen LogP contribution in [0.3, 0.4) is 0 Å². The number of carbonyl (C=O) groups excluding carboxylic acids is 2. The summed E-state index contributed by atoms with van der Waals surface area (Å²) in [7, 11) is 0. The van der Waals surface area contributed by atoms with E-state index in [1.807, 2.05) is 0 Å². The summed E-state index contributed by atoms with van der Waals surface area (Å²) in [6, 6.07) is 0. The van der Waals surface area contributed by atoms with Gasteiger partial charge in [0.25, 0.3) is 0 Å². The van der Waals surface area contributed by atoms with Gasteiger partial charge in [0.05, 0.1) is 6.42 Å². The Hall–Kier alpha value is -1.18. The first-order chi connectivity index (χ1) is 7.10. The van der Waals surface area contributed by atoms with Gasteiger partial charge < -0.3 is 21.5 Å². The highest BCUT2D eigenvalue weighted by molar-refractivity contribution is 5.81. The van der Waals surface area contributed by atoms with E-state index < -0.39 is 12.2 Å². The summed E-state index contributed by atoms with van der Waals surface area (Å²) in [6.45, 7) is 0.829. The van der Waals surface area contributed by atoms with E-state index in [1.54, 1.807) is 0 Å². The molecule has 0 heterocycles. The van der Waals surface area contributed by atoms with Crippen molar-refractivity contribution < 1.29 is 14.3 Å². The Labute approximate surface area is 88.3 Å². The molecule has 0 saturated heterocycles. The summed E-state index contributed by atoms with van der Waals surface area (Å²) in [5.41, 5.74) is 15.6. The largest absolute Gasteiger partial charge is 0.445 e. The second-order valence-corrected chi connectivity index (χ2v) is 2.90. The molecule has 0 saturated carbocycles. The van der Waals surface area contributed by atoms with Crippen LogP contribution in [0.1, 0.15) is 12.8 Å². The lowest BCUT2D eigenvalue weighted by Gasteiger charge is -2.10. The molecule has 1 atom stereocenters. The molecule has 7 N–H and O–H groups in total. The van der Waals surface area contributed by atoms with Crippen LogP contribution in [0.25, 0.3) is 0 Å². The first-order valence-corrected chi connectivity index (χ1v) is 4.72.